The standard InChI is InChI=1S/C18H22Cl2N4O3/c1-5-27-15(25)10-24-13(18(2,3)4)9-14(23-24)22-17(26)21-12-8-6-7-11(19)16(12)20/h6-9H,5,10H2,1-4H3,(H2,21,22,23,26). The molecule has 0 unspecified atom stereocenters. The van der Waals surface area contributed by atoms with Crippen molar-refractivity contribution >= 4 is 46.7 Å². The summed E-state index contributed by atoms with van der Waals surface area (Å²) in [6.07, 6.45) is 0. The third-order valence-electron chi connectivity index (χ3n) is 3.57. The molecule has 2 N–H and O–H groups in total. The minimum absolute atomic E-state index is 0.0378. The van der Waals surface area contributed by atoms with Crippen molar-refractivity contribution in [2.75, 3.05) is 17.2 Å². The molecule has 0 saturated carbocycles. The van der Waals surface area contributed by atoms with Gasteiger partial charge in [0.1, 0.15) is 6.54 Å². The molecule has 0 radical (unpaired) electrons. The number of nitrogens with zero attached hydrogens (tertiary/aromatic N) is 2. The fourth-order valence-electron chi connectivity index (χ4n) is 2.40. The van der Waals surface area contributed by atoms with Gasteiger partial charge in [-0.05, 0) is 19.1 Å². The number of carbonyl (C=O) groups is 2. The van der Waals surface area contributed by atoms with Crippen molar-refractivity contribution in [3.63, 3.8) is 0 Å². The lowest BCUT2D eigenvalue weighted by atomic mass is 9.92. The van der Waals surface area contributed by atoms with Gasteiger partial charge in [0.15, 0.2) is 5.82 Å². The lowest BCUT2D eigenvalue weighted by molar-refractivity contribution is -0.144. The van der Waals surface area contributed by atoms with Crippen molar-refractivity contribution in [3.05, 3.63) is 40.0 Å². The average molecular weight is 413 g/mol. The molecule has 1 aromatic heterocycles. The lowest BCUT2D eigenvalue weighted by Gasteiger charge is -2.19. The van der Waals surface area contributed by atoms with Gasteiger partial charge in [0.05, 0.1) is 22.3 Å². The van der Waals surface area contributed by atoms with E-state index in [2.05, 4.69) is 15.7 Å². The van der Waals surface area contributed by atoms with E-state index in [9.17, 15) is 9.59 Å². The Kier molecular flexibility index (Phi) is 6.73. The Balaban J connectivity index is 2.18. The molecule has 2 aromatic rings. The highest BCUT2D eigenvalue weighted by Gasteiger charge is 2.23. The number of amides is 2. The van der Waals surface area contributed by atoms with Crippen LogP contribution >= 0.6 is 23.2 Å². The van der Waals surface area contributed by atoms with Crippen LogP contribution in [-0.4, -0.2) is 28.4 Å². The van der Waals surface area contributed by atoms with Gasteiger partial charge in [-0.1, -0.05) is 50.0 Å². The number of ether oxygens (including phenoxy) is 1. The Morgan fingerprint density at radius 3 is 2.56 bits per heavy atom. The van der Waals surface area contributed by atoms with Crippen LogP contribution in [0.3, 0.4) is 0 Å². The molecule has 0 aliphatic carbocycles. The summed E-state index contributed by atoms with van der Waals surface area (Å²) in [5, 5.41) is 10.1. The number of hydrogen-bond acceptors (Lipinski definition) is 4. The SMILES string of the molecule is CCOC(=O)Cn1nc(NC(=O)Nc2cccc(Cl)c2Cl)cc1C(C)(C)C. The average Bonchev–Trinajstić information content (AvgIpc) is 2.94. The van der Waals surface area contributed by atoms with Gasteiger partial charge in [0.25, 0.3) is 0 Å². The molecule has 7 nitrogen and oxygen atoms in total. The predicted octanol–water partition coefficient (Wildman–Crippen LogP) is 4.69. The summed E-state index contributed by atoms with van der Waals surface area (Å²) in [5.74, 6) is -0.0901. The summed E-state index contributed by atoms with van der Waals surface area (Å²) in [5.41, 5.74) is 0.877. The minimum Gasteiger partial charge on any atom is -0.465 e. The molecule has 2 rings (SSSR count). The molecule has 1 aromatic carbocycles. The van der Waals surface area contributed by atoms with Gasteiger partial charge in [-0.15, -0.1) is 0 Å². The number of hydrogen-bond donors (Lipinski definition) is 2. The molecule has 0 aliphatic heterocycles. The summed E-state index contributed by atoms with van der Waals surface area (Å²) >= 11 is 12.0. The number of halogens is 2. The predicted molar refractivity (Wildman–Crippen MR) is 107 cm³/mol. The van der Waals surface area contributed by atoms with Crippen molar-refractivity contribution in [3.8, 4) is 0 Å². The van der Waals surface area contributed by atoms with Crippen LogP contribution in [0.2, 0.25) is 10.0 Å². The summed E-state index contributed by atoms with van der Waals surface area (Å²) < 4.78 is 6.51. The smallest absolute Gasteiger partial charge is 0.327 e. The van der Waals surface area contributed by atoms with Crippen LogP contribution in [0.15, 0.2) is 24.3 Å². The zero-order chi connectivity index (χ0) is 20.2. The van der Waals surface area contributed by atoms with Crippen LogP contribution in [0.25, 0.3) is 0 Å². The van der Waals surface area contributed by atoms with Crippen molar-refractivity contribution in [1.82, 2.24) is 9.78 Å². The fraction of sp³-hybridized carbons (Fsp3) is 0.389. The molecule has 9 heteroatoms. The molecule has 0 fully saturated rings. The molecule has 2 amide bonds. The summed E-state index contributed by atoms with van der Waals surface area (Å²) in [7, 11) is 0. The minimum atomic E-state index is -0.527. The zero-order valence-electron chi connectivity index (χ0n) is 15.6. The normalized spacial score (nSPS) is 11.2. The molecule has 0 spiro atoms. The maximum Gasteiger partial charge on any atom is 0.327 e. The number of esters is 1. The third-order valence-corrected chi connectivity index (χ3v) is 4.39. The lowest BCUT2D eigenvalue weighted by Crippen LogP contribution is -2.23. The molecule has 27 heavy (non-hydrogen) atoms. The summed E-state index contributed by atoms with van der Waals surface area (Å²) in [6, 6.07) is 6.13. The van der Waals surface area contributed by atoms with Gasteiger partial charge in [0.2, 0.25) is 0 Å². The maximum atomic E-state index is 12.3. The van der Waals surface area contributed by atoms with Gasteiger partial charge < -0.3 is 10.1 Å². The fourth-order valence-corrected chi connectivity index (χ4v) is 2.75. The zero-order valence-corrected chi connectivity index (χ0v) is 17.1. The molecular formula is C18H22Cl2N4O3. The first-order valence-electron chi connectivity index (χ1n) is 8.37. The topological polar surface area (TPSA) is 85.2 Å². The molecule has 1 heterocycles. The second-order valence-electron chi connectivity index (χ2n) is 6.81. The van der Waals surface area contributed by atoms with E-state index in [0.717, 1.165) is 5.69 Å². The first-order chi connectivity index (χ1) is 12.6. The maximum absolute atomic E-state index is 12.3. The number of anilines is 2. The number of aromatic nitrogens is 2. The van der Waals surface area contributed by atoms with Gasteiger partial charge in [-0.3, -0.25) is 14.8 Å². The number of benzene rings is 1. The van der Waals surface area contributed by atoms with Crippen molar-refractivity contribution < 1.29 is 14.3 Å². The van der Waals surface area contributed by atoms with E-state index in [-0.39, 0.29) is 17.0 Å². The van der Waals surface area contributed by atoms with Crippen LogP contribution in [0.5, 0.6) is 0 Å². The van der Waals surface area contributed by atoms with Gasteiger partial charge in [-0.2, -0.15) is 5.10 Å². The van der Waals surface area contributed by atoms with Crippen LogP contribution in [0.1, 0.15) is 33.4 Å². The monoisotopic (exact) mass is 412 g/mol. The number of urea groups is 1. The van der Waals surface area contributed by atoms with E-state index >= 15 is 0 Å². The van der Waals surface area contributed by atoms with Gasteiger partial charge in [-0.25, -0.2) is 4.79 Å². The number of nitrogens with one attached hydrogen (secondary N) is 2. The largest absolute Gasteiger partial charge is 0.465 e. The van der Waals surface area contributed by atoms with E-state index in [1.165, 1.54) is 4.68 Å². The first-order valence-corrected chi connectivity index (χ1v) is 9.13. The molecule has 0 saturated heterocycles. The Bertz CT molecular complexity index is 844. The summed E-state index contributed by atoms with van der Waals surface area (Å²) in [6.45, 7) is 7.95. The summed E-state index contributed by atoms with van der Waals surface area (Å²) in [4.78, 5) is 24.1. The Morgan fingerprint density at radius 2 is 1.93 bits per heavy atom. The first kappa shape index (κ1) is 21.1. The third kappa shape index (κ3) is 5.61. The quantitative estimate of drug-likeness (QED) is 0.697. The second kappa shape index (κ2) is 8.63. The van der Waals surface area contributed by atoms with E-state index in [0.29, 0.717) is 23.1 Å². The Morgan fingerprint density at radius 1 is 1.22 bits per heavy atom. The molecule has 146 valence electrons. The van der Waals surface area contributed by atoms with E-state index in [4.69, 9.17) is 27.9 Å². The van der Waals surface area contributed by atoms with Crippen LogP contribution in [-0.2, 0) is 21.5 Å². The number of rotatable bonds is 5. The molecule has 0 atom stereocenters. The van der Waals surface area contributed by atoms with Crippen molar-refractivity contribution in [1.29, 1.82) is 0 Å². The Hall–Kier alpha value is -2.25. The highest BCUT2D eigenvalue weighted by Crippen LogP contribution is 2.30. The highest BCUT2D eigenvalue weighted by molar-refractivity contribution is 6.44. The molecule has 0 bridgehead atoms. The van der Waals surface area contributed by atoms with E-state index in [1.807, 2.05) is 20.8 Å². The van der Waals surface area contributed by atoms with Crippen LogP contribution < -0.4 is 10.6 Å². The number of carbonyl (C=O) groups excluding carboxylic acids is 2. The van der Waals surface area contributed by atoms with Crippen LogP contribution in [0.4, 0.5) is 16.3 Å². The second-order valence-corrected chi connectivity index (χ2v) is 7.59. The molecule has 0 aliphatic rings. The van der Waals surface area contributed by atoms with E-state index < -0.39 is 12.0 Å². The highest BCUT2D eigenvalue weighted by atomic mass is 35.5. The van der Waals surface area contributed by atoms with Gasteiger partial charge in [0, 0.05) is 17.2 Å². The Labute approximate surface area is 168 Å². The van der Waals surface area contributed by atoms with Crippen molar-refractivity contribution in [2.45, 2.75) is 39.7 Å². The van der Waals surface area contributed by atoms with Crippen LogP contribution in [0, 0.1) is 0 Å². The van der Waals surface area contributed by atoms with Crippen molar-refractivity contribution in [2.24, 2.45) is 0 Å². The van der Waals surface area contributed by atoms with Gasteiger partial charge >= 0.3 is 12.0 Å². The van der Waals surface area contributed by atoms with E-state index in [1.54, 1.807) is 31.2 Å². The molecular weight excluding hydrogens is 391 g/mol.